The van der Waals surface area contributed by atoms with E-state index in [9.17, 15) is 4.39 Å². The van der Waals surface area contributed by atoms with Crippen molar-refractivity contribution in [1.82, 2.24) is 9.97 Å². The molecule has 1 aliphatic rings. The summed E-state index contributed by atoms with van der Waals surface area (Å²) >= 11 is 6.11. The Morgan fingerprint density at radius 3 is 2.61 bits per heavy atom. The van der Waals surface area contributed by atoms with Gasteiger partial charge in [-0.25, -0.2) is 13.8 Å². The van der Waals surface area contributed by atoms with Crippen LogP contribution in [0.5, 0.6) is 5.75 Å². The summed E-state index contributed by atoms with van der Waals surface area (Å²) in [5.41, 5.74) is 7.47. The van der Waals surface area contributed by atoms with E-state index in [1.807, 2.05) is 6.07 Å². The lowest BCUT2D eigenvalue weighted by molar-refractivity contribution is 0.278. The van der Waals surface area contributed by atoms with Gasteiger partial charge in [0.05, 0.1) is 18.1 Å². The molecule has 144 valence electrons. The number of ether oxygens (including phenoxy) is 1. The zero-order valence-electron chi connectivity index (χ0n) is 15.0. The first-order valence-electron chi connectivity index (χ1n) is 9.00. The number of aromatic nitrogens is 2. The molecule has 1 aliphatic carbocycles. The maximum atomic E-state index is 15.4. The van der Waals surface area contributed by atoms with Crippen LogP contribution in [0.1, 0.15) is 36.3 Å². The molecule has 2 aromatic carbocycles. The lowest BCUT2D eigenvalue weighted by Crippen LogP contribution is -2.12. The van der Waals surface area contributed by atoms with Crippen LogP contribution in [0.2, 0.25) is 5.02 Å². The van der Waals surface area contributed by atoms with Crippen LogP contribution in [0.25, 0.3) is 11.3 Å². The number of anilines is 1. The smallest absolute Gasteiger partial charge is 0.174 e. The second-order valence-corrected chi connectivity index (χ2v) is 7.23. The van der Waals surface area contributed by atoms with Crippen LogP contribution in [0.4, 0.5) is 14.6 Å². The van der Waals surface area contributed by atoms with Crippen molar-refractivity contribution in [2.75, 3.05) is 5.73 Å². The summed E-state index contributed by atoms with van der Waals surface area (Å²) in [6, 6.07) is 7.57. The number of benzene rings is 2. The molecule has 1 aromatic heterocycles. The van der Waals surface area contributed by atoms with Crippen molar-refractivity contribution in [3.8, 4) is 17.0 Å². The van der Waals surface area contributed by atoms with Crippen molar-refractivity contribution >= 4 is 17.4 Å². The predicted molar refractivity (Wildman–Crippen MR) is 104 cm³/mol. The average molecular weight is 402 g/mol. The molecule has 0 saturated heterocycles. The van der Waals surface area contributed by atoms with Crippen molar-refractivity contribution in [2.24, 2.45) is 0 Å². The van der Waals surface area contributed by atoms with Crippen molar-refractivity contribution < 1.29 is 13.5 Å². The summed E-state index contributed by atoms with van der Waals surface area (Å²) < 4.78 is 34.8. The van der Waals surface area contributed by atoms with Crippen molar-refractivity contribution in [3.05, 3.63) is 70.5 Å². The van der Waals surface area contributed by atoms with Gasteiger partial charge in [-0.3, -0.25) is 4.98 Å². The second kappa shape index (κ2) is 7.72. The minimum Gasteiger partial charge on any atom is -0.485 e. The summed E-state index contributed by atoms with van der Waals surface area (Å²) in [4.78, 5) is 8.12. The third kappa shape index (κ3) is 3.64. The Morgan fingerprint density at radius 1 is 1.11 bits per heavy atom. The van der Waals surface area contributed by atoms with Gasteiger partial charge >= 0.3 is 0 Å². The highest BCUT2D eigenvalue weighted by Gasteiger charge is 2.27. The van der Waals surface area contributed by atoms with Crippen molar-refractivity contribution in [1.29, 1.82) is 0 Å². The molecule has 1 saturated carbocycles. The van der Waals surface area contributed by atoms with Gasteiger partial charge in [-0.2, -0.15) is 0 Å². The van der Waals surface area contributed by atoms with Crippen LogP contribution in [-0.2, 0) is 6.61 Å². The Balaban J connectivity index is 1.71. The van der Waals surface area contributed by atoms with E-state index in [1.54, 1.807) is 6.07 Å². The van der Waals surface area contributed by atoms with Gasteiger partial charge in [-0.1, -0.05) is 24.1 Å². The Labute approximate surface area is 166 Å². The molecule has 0 aliphatic heterocycles. The summed E-state index contributed by atoms with van der Waals surface area (Å²) in [5, 5.41) is 0.368. The van der Waals surface area contributed by atoms with Gasteiger partial charge in [-0.05, 0) is 43.0 Å². The number of halogens is 3. The molecule has 0 amide bonds. The highest BCUT2D eigenvalue weighted by Crippen LogP contribution is 2.44. The SMILES string of the molecule is Nc1cnc(-c2ccc(C3CCC3)c(OCc3cc(F)ccc3Cl)c2F)cn1. The maximum absolute atomic E-state index is 15.4. The highest BCUT2D eigenvalue weighted by atomic mass is 35.5. The minimum absolute atomic E-state index is 0.0376. The number of rotatable bonds is 5. The quantitative estimate of drug-likeness (QED) is 0.612. The van der Waals surface area contributed by atoms with Crippen LogP contribution < -0.4 is 10.5 Å². The molecule has 0 atom stereocenters. The van der Waals surface area contributed by atoms with Gasteiger partial charge in [0.25, 0.3) is 0 Å². The molecule has 0 spiro atoms. The molecular weight excluding hydrogens is 384 g/mol. The number of nitrogens with zero attached hydrogens (tertiary/aromatic N) is 2. The normalized spacial score (nSPS) is 14.0. The van der Waals surface area contributed by atoms with E-state index < -0.39 is 11.6 Å². The van der Waals surface area contributed by atoms with Crippen LogP contribution >= 0.6 is 11.6 Å². The fraction of sp³-hybridized carbons (Fsp3) is 0.238. The van der Waals surface area contributed by atoms with E-state index in [2.05, 4.69) is 9.97 Å². The first-order valence-corrected chi connectivity index (χ1v) is 9.37. The largest absolute Gasteiger partial charge is 0.485 e. The molecular formula is C21H18ClF2N3O. The van der Waals surface area contributed by atoms with E-state index in [-0.39, 0.29) is 29.7 Å². The van der Waals surface area contributed by atoms with Crippen molar-refractivity contribution in [2.45, 2.75) is 31.8 Å². The highest BCUT2D eigenvalue weighted by molar-refractivity contribution is 6.31. The van der Waals surface area contributed by atoms with Gasteiger partial charge in [0.1, 0.15) is 18.2 Å². The van der Waals surface area contributed by atoms with Crippen LogP contribution in [0, 0.1) is 11.6 Å². The van der Waals surface area contributed by atoms with E-state index in [4.69, 9.17) is 22.1 Å². The first kappa shape index (κ1) is 18.6. The fourth-order valence-corrected chi connectivity index (χ4v) is 3.41. The Morgan fingerprint density at radius 2 is 1.93 bits per heavy atom. The maximum Gasteiger partial charge on any atom is 0.174 e. The Kier molecular flexibility index (Phi) is 5.13. The van der Waals surface area contributed by atoms with E-state index in [1.165, 1.54) is 30.6 Å². The zero-order valence-corrected chi connectivity index (χ0v) is 15.7. The Hall–Kier alpha value is -2.73. The second-order valence-electron chi connectivity index (χ2n) is 6.82. The van der Waals surface area contributed by atoms with Gasteiger partial charge < -0.3 is 10.5 Å². The third-order valence-electron chi connectivity index (χ3n) is 5.00. The molecule has 0 radical (unpaired) electrons. The van der Waals surface area contributed by atoms with Gasteiger partial charge in [-0.15, -0.1) is 0 Å². The summed E-state index contributed by atoms with van der Waals surface area (Å²) in [6.45, 7) is -0.0376. The van der Waals surface area contributed by atoms with E-state index >= 15 is 4.39 Å². The third-order valence-corrected chi connectivity index (χ3v) is 5.37. The van der Waals surface area contributed by atoms with Gasteiger partial charge in [0, 0.05) is 21.7 Å². The molecule has 2 N–H and O–H groups in total. The van der Waals surface area contributed by atoms with Gasteiger partial charge in [0.15, 0.2) is 11.6 Å². The molecule has 1 heterocycles. The molecule has 28 heavy (non-hydrogen) atoms. The van der Waals surface area contributed by atoms with Crippen LogP contribution in [-0.4, -0.2) is 9.97 Å². The molecule has 3 aromatic rings. The number of hydrogen-bond donors (Lipinski definition) is 1. The monoisotopic (exact) mass is 401 g/mol. The summed E-state index contributed by atoms with van der Waals surface area (Å²) in [6.07, 6.45) is 5.87. The minimum atomic E-state index is -0.518. The van der Waals surface area contributed by atoms with Crippen molar-refractivity contribution in [3.63, 3.8) is 0 Å². The number of nitrogens with two attached hydrogens (primary N) is 1. The molecule has 0 bridgehead atoms. The first-order chi connectivity index (χ1) is 13.5. The van der Waals surface area contributed by atoms with Gasteiger partial charge in [0.2, 0.25) is 0 Å². The number of hydrogen-bond acceptors (Lipinski definition) is 4. The van der Waals surface area contributed by atoms with Crippen LogP contribution in [0.15, 0.2) is 42.7 Å². The van der Waals surface area contributed by atoms with E-state index in [0.717, 1.165) is 24.8 Å². The molecule has 1 fully saturated rings. The molecule has 4 rings (SSSR count). The lowest BCUT2D eigenvalue weighted by Gasteiger charge is -2.28. The average Bonchev–Trinajstić information content (AvgIpc) is 2.63. The zero-order chi connectivity index (χ0) is 19.7. The lowest BCUT2D eigenvalue weighted by atomic mass is 9.79. The predicted octanol–water partition coefficient (Wildman–Crippen LogP) is 5.50. The standard InChI is InChI=1S/C21H18ClF2N3O/c22-17-7-4-14(23)8-13(17)11-28-21-15(12-2-1-3-12)5-6-16(20(21)24)18-9-27-19(25)10-26-18/h4-10,12H,1-3,11H2,(H2,25,27). The topological polar surface area (TPSA) is 61.0 Å². The number of nitrogen functional groups attached to an aromatic ring is 1. The summed E-state index contributed by atoms with van der Waals surface area (Å²) in [7, 11) is 0. The Bertz CT molecular complexity index is 1010. The molecule has 7 heteroatoms. The van der Waals surface area contributed by atoms with E-state index in [0.29, 0.717) is 16.3 Å². The van der Waals surface area contributed by atoms with Crippen LogP contribution in [0.3, 0.4) is 0 Å². The summed E-state index contributed by atoms with van der Waals surface area (Å²) in [5.74, 6) is -0.280. The molecule has 4 nitrogen and oxygen atoms in total. The fourth-order valence-electron chi connectivity index (χ4n) is 3.24. The molecule has 0 unspecified atom stereocenters.